The zero-order valence-corrected chi connectivity index (χ0v) is 42.5. The second-order valence-corrected chi connectivity index (χ2v) is 23.0. The van der Waals surface area contributed by atoms with E-state index in [4.69, 9.17) is 9.47 Å². The van der Waals surface area contributed by atoms with Gasteiger partial charge in [-0.25, -0.2) is 0 Å². The van der Waals surface area contributed by atoms with Crippen molar-refractivity contribution < 1.29 is 19.1 Å². The molecule has 2 aromatic rings. The van der Waals surface area contributed by atoms with Gasteiger partial charge in [-0.05, 0) is 210 Å². The maximum Gasteiger partial charge on any atom is 0.308 e. The first-order valence-electron chi connectivity index (χ1n) is 28.3. The number of allylic oxidation sites excluding steroid dienone is 1. The molecule has 6 aliphatic carbocycles. The predicted octanol–water partition coefficient (Wildman–Crippen LogP) is 17.0. The Morgan fingerprint density at radius 2 is 0.818 bits per heavy atom. The zero-order valence-electron chi connectivity index (χ0n) is 42.5. The van der Waals surface area contributed by atoms with E-state index in [1.54, 1.807) is 0 Å². The molecule has 66 heavy (non-hydrogen) atoms. The van der Waals surface area contributed by atoms with Crippen LogP contribution >= 0.6 is 0 Å². The van der Waals surface area contributed by atoms with Crippen molar-refractivity contribution in [3.63, 3.8) is 0 Å². The molecular weight excluding hydrogens is 809 g/mol. The van der Waals surface area contributed by atoms with Crippen molar-refractivity contribution in [3.8, 4) is 0 Å². The number of ether oxygens (including phenoxy) is 2. The molecule has 0 heterocycles. The molecule has 4 heteroatoms. The molecule has 0 N–H and O–H groups in total. The average molecular weight is 903 g/mol. The van der Waals surface area contributed by atoms with Crippen LogP contribution in [0.2, 0.25) is 0 Å². The van der Waals surface area contributed by atoms with E-state index in [0.29, 0.717) is 11.8 Å². The molecule has 0 bridgehead atoms. The van der Waals surface area contributed by atoms with Gasteiger partial charge in [-0.3, -0.25) is 9.59 Å². The lowest BCUT2D eigenvalue weighted by Gasteiger charge is -2.38. The van der Waals surface area contributed by atoms with Crippen molar-refractivity contribution in [3.05, 3.63) is 76.9 Å². The van der Waals surface area contributed by atoms with Crippen LogP contribution in [-0.2, 0) is 25.5 Å². The molecule has 0 radical (unpaired) electrons. The number of hydrogen-bond donors (Lipinski definition) is 0. The van der Waals surface area contributed by atoms with Gasteiger partial charge in [0.05, 0.1) is 26.1 Å². The zero-order chi connectivity index (χ0) is 46.1. The number of carbonyl (C=O) groups is 2. The second kappa shape index (κ2) is 26.8. The van der Waals surface area contributed by atoms with Crippen LogP contribution < -0.4 is 0 Å². The minimum Gasteiger partial charge on any atom is -0.469 e. The molecule has 0 atom stereocenters. The highest BCUT2D eigenvalue weighted by Gasteiger charge is 2.33. The van der Waals surface area contributed by atoms with Gasteiger partial charge in [0.15, 0.2) is 0 Å². The van der Waals surface area contributed by atoms with Gasteiger partial charge in [0.1, 0.15) is 0 Å². The Bertz CT molecular complexity index is 1700. The molecular formula is C62H94O4. The predicted molar refractivity (Wildman–Crippen MR) is 275 cm³/mol. The lowest BCUT2D eigenvalue weighted by atomic mass is 9.68. The normalized spacial score (nSPS) is 33.0. The van der Waals surface area contributed by atoms with Crippen LogP contribution in [0.4, 0.5) is 0 Å². The molecule has 8 rings (SSSR count). The molecule has 0 unspecified atom stereocenters. The maximum absolute atomic E-state index is 11.8. The van der Waals surface area contributed by atoms with Gasteiger partial charge in [0, 0.05) is 0 Å². The summed E-state index contributed by atoms with van der Waals surface area (Å²) < 4.78 is 9.86. The van der Waals surface area contributed by atoms with E-state index in [0.717, 1.165) is 98.7 Å². The second-order valence-electron chi connectivity index (χ2n) is 23.0. The number of aryl methyl sites for hydroxylation is 1. The summed E-state index contributed by atoms with van der Waals surface area (Å²) in [5.41, 5.74) is 5.75. The largest absolute Gasteiger partial charge is 0.469 e. The summed E-state index contributed by atoms with van der Waals surface area (Å²) in [6.45, 7) is 4.69. The van der Waals surface area contributed by atoms with Crippen molar-refractivity contribution in [1.82, 2.24) is 0 Å². The smallest absolute Gasteiger partial charge is 0.308 e. The molecule has 366 valence electrons. The summed E-state index contributed by atoms with van der Waals surface area (Å²) in [5, 5.41) is 0. The molecule has 2 aromatic carbocycles. The number of hydrogen-bond acceptors (Lipinski definition) is 4. The lowest BCUT2D eigenvalue weighted by Crippen LogP contribution is -2.26. The van der Waals surface area contributed by atoms with Gasteiger partial charge < -0.3 is 9.47 Å². The third-order valence-electron chi connectivity index (χ3n) is 19.0. The van der Waals surface area contributed by atoms with E-state index in [9.17, 15) is 9.59 Å². The van der Waals surface area contributed by atoms with Gasteiger partial charge >= 0.3 is 11.9 Å². The van der Waals surface area contributed by atoms with Crippen molar-refractivity contribution >= 4 is 18.0 Å². The Kier molecular flexibility index (Phi) is 20.7. The average Bonchev–Trinajstić information content (AvgIpc) is 3.38. The van der Waals surface area contributed by atoms with Gasteiger partial charge in [-0.2, -0.15) is 0 Å². The summed E-state index contributed by atoms with van der Waals surface area (Å²) in [7, 11) is 3.02. The van der Waals surface area contributed by atoms with E-state index in [2.05, 4.69) is 74.5 Å². The van der Waals surface area contributed by atoms with Crippen LogP contribution in [0.1, 0.15) is 234 Å². The van der Waals surface area contributed by atoms with Gasteiger partial charge in [-0.15, -0.1) is 0 Å². The van der Waals surface area contributed by atoms with E-state index in [-0.39, 0.29) is 23.8 Å². The monoisotopic (exact) mass is 903 g/mol. The van der Waals surface area contributed by atoms with E-state index >= 15 is 0 Å². The summed E-state index contributed by atoms with van der Waals surface area (Å²) >= 11 is 0. The highest BCUT2D eigenvalue weighted by Crippen LogP contribution is 2.45. The SMILES string of the molecule is CCCC1CCC(C2CCC(/C=C/c3ccc(C4CCC(C(=O)OC)CC4)cc3)CC2)CC1.CCCC1CCC(C2CCC(CCc3ccc(C4CCC(C(=O)OC)CC4)cc3)CC2)CC1. The van der Waals surface area contributed by atoms with Crippen LogP contribution in [0.5, 0.6) is 0 Å². The number of carbonyl (C=O) groups excluding carboxylic acids is 2. The number of rotatable bonds is 15. The topological polar surface area (TPSA) is 52.6 Å². The third-order valence-corrected chi connectivity index (χ3v) is 19.0. The molecule has 4 nitrogen and oxygen atoms in total. The van der Waals surface area contributed by atoms with Crippen LogP contribution in [0.15, 0.2) is 54.6 Å². The fourth-order valence-electron chi connectivity index (χ4n) is 14.6. The number of methoxy groups -OCH3 is 2. The fraction of sp³-hybridized carbons (Fsp3) is 0.742. The molecule has 6 aliphatic rings. The highest BCUT2D eigenvalue weighted by atomic mass is 16.5. The Hall–Kier alpha value is -2.88. The minimum absolute atomic E-state index is 0.0165. The Morgan fingerprint density at radius 1 is 0.455 bits per heavy atom. The highest BCUT2D eigenvalue weighted by molar-refractivity contribution is 5.72. The standard InChI is InChI=1S/C31H48O2.C31H46O2/c2*1-3-4-23-7-13-26(14-8-23)27-15-9-24(10-16-27)5-6-25-11-17-28(18-12-25)29-19-21-30(22-20-29)31(32)33-2/h11-12,17-18,23-24,26-27,29-30H,3-10,13-16,19-22H2,1-2H3;5-6,11-12,17-18,23-24,26-27,29-30H,3-4,7-10,13-16,19-22H2,1-2H3/b;6-5+. The maximum atomic E-state index is 11.8. The van der Waals surface area contributed by atoms with E-state index < -0.39 is 0 Å². The Balaban J connectivity index is 0.000000196. The molecule has 0 saturated heterocycles. The van der Waals surface area contributed by atoms with E-state index in [1.807, 2.05) is 0 Å². The number of benzene rings is 2. The quantitative estimate of drug-likeness (QED) is 0.167. The minimum atomic E-state index is -0.0256. The van der Waals surface area contributed by atoms with Crippen molar-refractivity contribution in [1.29, 1.82) is 0 Å². The number of esters is 2. The molecule has 0 aromatic heterocycles. The molecule has 6 saturated carbocycles. The van der Waals surface area contributed by atoms with Crippen LogP contribution in [-0.4, -0.2) is 26.2 Å². The summed E-state index contributed by atoms with van der Waals surface area (Å²) in [5.74, 6) is 9.32. The first kappa shape index (κ1) is 51.0. The molecule has 0 amide bonds. The van der Waals surface area contributed by atoms with Crippen molar-refractivity contribution in [2.75, 3.05) is 14.2 Å². The first-order chi connectivity index (χ1) is 32.3. The summed E-state index contributed by atoms with van der Waals surface area (Å²) in [4.78, 5) is 23.5. The molecule has 0 aliphatic heterocycles. The summed E-state index contributed by atoms with van der Waals surface area (Å²) in [6, 6.07) is 18.7. The Labute approximate surface area is 404 Å². The van der Waals surface area contributed by atoms with Gasteiger partial charge in [-0.1, -0.05) is 139 Å². The van der Waals surface area contributed by atoms with Gasteiger partial charge in [0.2, 0.25) is 0 Å². The van der Waals surface area contributed by atoms with Crippen LogP contribution in [0.25, 0.3) is 6.08 Å². The van der Waals surface area contributed by atoms with Gasteiger partial charge in [0.25, 0.3) is 0 Å². The van der Waals surface area contributed by atoms with Crippen molar-refractivity contribution in [2.45, 2.75) is 218 Å². The van der Waals surface area contributed by atoms with E-state index in [1.165, 1.54) is 178 Å². The fourth-order valence-corrected chi connectivity index (χ4v) is 14.6. The molecule has 0 spiro atoms. The summed E-state index contributed by atoms with van der Waals surface area (Å²) in [6.07, 6.45) is 45.1. The molecule has 6 fully saturated rings. The van der Waals surface area contributed by atoms with Crippen molar-refractivity contribution in [2.24, 2.45) is 59.2 Å². The van der Waals surface area contributed by atoms with Crippen LogP contribution in [0.3, 0.4) is 0 Å². The van der Waals surface area contributed by atoms with Crippen LogP contribution in [0, 0.1) is 59.2 Å². The Morgan fingerprint density at radius 3 is 1.20 bits per heavy atom. The first-order valence-corrected chi connectivity index (χ1v) is 28.3. The third kappa shape index (κ3) is 15.1. The lowest BCUT2D eigenvalue weighted by molar-refractivity contribution is -0.147.